The molecule has 1 N–H and O–H groups in total. The second-order valence-corrected chi connectivity index (χ2v) is 8.89. The largest absolute Gasteiger partial charge is 0.495 e. The molecule has 0 aliphatic rings. The molecule has 0 bridgehead atoms. The Bertz CT molecular complexity index is 1180. The average Bonchev–Trinajstić information content (AvgIpc) is 2.74. The summed E-state index contributed by atoms with van der Waals surface area (Å²) < 4.78 is 46.6. The lowest BCUT2D eigenvalue weighted by atomic mass is 10.2. The van der Waals surface area contributed by atoms with Gasteiger partial charge in [0.2, 0.25) is 5.91 Å². The summed E-state index contributed by atoms with van der Waals surface area (Å²) in [6.45, 7) is 3.18. The second kappa shape index (κ2) is 9.18. The summed E-state index contributed by atoms with van der Waals surface area (Å²) >= 11 is 0. The zero-order valence-electron chi connectivity index (χ0n) is 17.4. The molecule has 0 atom stereocenters. The summed E-state index contributed by atoms with van der Waals surface area (Å²) in [6, 6.07) is 16.9. The molecule has 0 fully saturated rings. The number of nitrogens with one attached hydrogen (secondary N) is 1. The van der Waals surface area contributed by atoms with E-state index >= 15 is 0 Å². The van der Waals surface area contributed by atoms with Crippen LogP contribution < -0.4 is 14.4 Å². The lowest BCUT2D eigenvalue weighted by Gasteiger charge is -2.25. The average molecular weight is 443 g/mol. The molecule has 31 heavy (non-hydrogen) atoms. The molecule has 6 nitrogen and oxygen atoms in total. The van der Waals surface area contributed by atoms with Gasteiger partial charge in [0.25, 0.3) is 10.0 Å². The molecular weight excluding hydrogens is 419 g/mol. The Morgan fingerprint density at radius 1 is 0.968 bits per heavy atom. The fourth-order valence-electron chi connectivity index (χ4n) is 2.99. The van der Waals surface area contributed by atoms with Gasteiger partial charge in [-0.05, 0) is 67.9 Å². The van der Waals surface area contributed by atoms with E-state index < -0.39 is 28.3 Å². The highest BCUT2D eigenvalue weighted by atomic mass is 32.2. The van der Waals surface area contributed by atoms with E-state index in [0.717, 1.165) is 15.4 Å². The van der Waals surface area contributed by atoms with Gasteiger partial charge in [-0.25, -0.2) is 12.8 Å². The number of carbonyl (C=O) groups excluding carboxylic acids is 1. The fraction of sp³-hybridized carbons (Fsp3) is 0.174. The van der Waals surface area contributed by atoms with Crippen molar-refractivity contribution in [3.05, 3.63) is 83.7 Å². The van der Waals surface area contributed by atoms with E-state index in [2.05, 4.69) is 5.32 Å². The number of amides is 1. The molecular formula is C23H23FN2O4S. The third kappa shape index (κ3) is 5.21. The van der Waals surface area contributed by atoms with Gasteiger partial charge in [-0.15, -0.1) is 0 Å². The predicted octanol–water partition coefficient (Wildman–Crippen LogP) is 4.29. The van der Waals surface area contributed by atoms with Crippen molar-refractivity contribution in [3.63, 3.8) is 0 Å². The Labute approximate surface area is 181 Å². The van der Waals surface area contributed by atoms with Crippen LogP contribution in [0.5, 0.6) is 5.75 Å². The Kier molecular flexibility index (Phi) is 6.60. The van der Waals surface area contributed by atoms with Gasteiger partial charge < -0.3 is 10.1 Å². The number of benzene rings is 3. The van der Waals surface area contributed by atoms with Crippen molar-refractivity contribution in [2.75, 3.05) is 23.3 Å². The van der Waals surface area contributed by atoms with Crippen molar-refractivity contribution in [3.8, 4) is 5.75 Å². The number of carbonyl (C=O) groups is 1. The van der Waals surface area contributed by atoms with E-state index in [-0.39, 0.29) is 10.6 Å². The van der Waals surface area contributed by atoms with Crippen LogP contribution in [0.15, 0.2) is 71.6 Å². The van der Waals surface area contributed by atoms with E-state index in [4.69, 9.17) is 4.74 Å². The van der Waals surface area contributed by atoms with Crippen LogP contribution in [0, 0.1) is 19.7 Å². The van der Waals surface area contributed by atoms with Crippen molar-refractivity contribution >= 4 is 27.3 Å². The summed E-state index contributed by atoms with van der Waals surface area (Å²) in [5.74, 6) is -0.822. The number of hydrogen-bond acceptors (Lipinski definition) is 4. The standard InChI is InChI=1S/C23H23FN2O4S/c1-16-4-11-20(12-5-16)26(15-23(27)25-19-9-7-18(24)8-10-19)31(28,29)22-14-17(2)6-13-21(22)30-3/h4-14H,15H2,1-3H3,(H,25,27). The maximum absolute atomic E-state index is 13.6. The van der Waals surface area contributed by atoms with Crippen LogP contribution in [0.1, 0.15) is 11.1 Å². The predicted molar refractivity (Wildman–Crippen MR) is 118 cm³/mol. The number of rotatable bonds is 7. The summed E-state index contributed by atoms with van der Waals surface area (Å²) in [7, 11) is -2.75. The van der Waals surface area contributed by atoms with Crippen LogP contribution in [0.2, 0.25) is 0 Å². The van der Waals surface area contributed by atoms with Crippen LogP contribution >= 0.6 is 0 Å². The smallest absolute Gasteiger partial charge is 0.268 e. The normalized spacial score (nSPS) is 11.1. The topological polar surface area (TPSA) is 75.7 Å². The number of anilines is 2. The van der Waals surface area contributed by atoms with E-state index in [0.29, 0.717) is 11.4 Å². The molecule has 3 aromatic carbocycles. The van der Waals surface area contributed by atoms with Gasteiger partial charge in [-0.3, -0.25) is 9.10 Å². The van der Waals surface area contributed by atoms with Gasteiger partial charge in [0, 0.05) is 5.69 Å². The molecule has 0 aromatic heterocycles. The van der Waals surface area contributed by atoms with Crippen molar-refractivity contribution in [2.45, 2.75) is 18.7 Å². The first-order chi connectivity index (χ1) is 14.7. The monoisotopic (exact) mass is 442 g/mol. The Hall–Kier alpha value is -3.39. The number of nitrogens with zero attached hydrogens (tertiary/aromatic N) is 1. The summed E-state index contributed by atoms with van der Waals surface area (Å²) in [5.41, 5.74) is 2.38. The van der Waals surface area contributed by atoms with E-state index in [1.807, 2.05) is 6.92 Å². The molecule has 1 amide bonds. The van der Waals surface area contributed by atoms with Gasteiger partial charge in [0.1, 0.15) is 23.0 Å². The highest BCUT2D eigenvalue weighted by Crippen LogP contribution is 2.31. The SMILES string of the molecule is COc1ccc(C)cc1S(=O)(=O)N(CC(=O)Nc1ccc(F)cc1)c1ccc(C)cc1. The first kappa shape index (κ1) is 22.3. The highest BCUT2D eigenvalue weighted by molar-refractivity contribution is 7.93. The maximum Gasteiger partial charge on any atom is 0.268 e. The summed E-state index contributed by atoms with van der Waals surface area (Å²) in [6.07, 6.45) is 0. The van der Waals surface area contributed by atoms with Crippen LogP contribution in [-0.2, 0) is 14.8 Å². The Morgan fingerprint density at radius 3 is 2.19 bits per heavy atom. The maximum atomic E-state index is 13.6. The number of sulfonamides is 1. The first-order valence-corrected chi connectivity index (χ1v) is 10.9. The van der Waals surface area contributed by atoms with Crippen LogP contribution in [-0.4, -0.2) is 28.0 Å². The number of aryl methyl sites for hydroxylation is 2. The molecule has 3 aromatic rings. The summed E-state index contributed by atoms with van der Waals surface area (Å²) in [5, 5.41) is 2.60. The van der Waals surface area contributed by atoms with E-state index in [9.17, 15) is 17.6 Å². The third-order valence-corrected chi connectivity index (χ3v) is 6.42. The molecule has 0 unspecified atom stereocenters. The number of halogens is 1. The summed E-state index contributed by atoms with van der Waals surface area (Å²) in [4.78, 5) is 12.7. The Morgan fingerprint density at radius 2 is 1.58 bits per heavy atom. The van der Waals surface area contributed by atoms with Crippen molar-refractivity contribution < 1.29 is 22.3 Å². The molecule has 0 saturated carbocycles. The van der Waals surface area contributed by atoms with E-state index in [1.54, 1.807) is 43.3 Å². The van der Waals surface area contributed by atoms with Gasteiger partial charge in [0.05, 0.1) is 12.8 Å². The molecule has 0 aliphatic heterocycles. The minimum Gasteiger partial charge on any atom is -0.495 e. The third-order valence-electron chi connectivity index (χ3n) is 4.62. The number of methoxy groups -OCH3 is 1. The second-order valence-electron chi connectivity index (χ2n) is 7.06. The quantitative estimate of drug-likeness (QED) is 0.592. The number of ether oxygens (including phenoxy) is 1. The number of hydrogen-bond donors (Lipinski definition) is 1. The van der Waals surface area contributed by atoms with Gasteiger partial charge >= 0.3 is 0 Å². The highest BCUT2D eigenvalue weighted by Gasteiger charge is 2.30. The van der Waals surface area contributed by atoms with Crippen LogP contribution in [0.25, 0.3) is 0 Å². The molecule has 0 aliphatic carbocycles. The molecule has 3 rings (SSSR count). The lowest BCUT2D eigenvalue weighted by molar-refractivity contribution is -0.114. The van der Waals surface area contributed by atoms with Crippen LogP contribution in [0.4, 0.5) is 15.8 Å². The van der Waals surface area contributed by atoms with Gasteiger partial charge in [-0.1, -0.05) is 23.8 Å². The molecule has 0 heterocycles. The molecule has 0 saturated heterocycles. The van der Waals surface area contributed by atoms with E-state index in [1.165, 1.54) is 37.4 Å². The van der Waals surface area contributed by atoms with Crippen molar-refractivity contribution in [2.24, 2.45) is 0 Å². The van der Waals surface area contributed by atoms with Crippen LogP contribution in [0.3, 0.4) is 0 Å². The first-order valence-electron chi connectivity index (χ1n) is 9.50. The molecule has 8 heteroatoms. The van der Waals surface area contributed by atoms with Gasteiger partial charge in [0.15, 0.2) is 0 Å². The van der Waals surface area contributed by atoms with Gasteiger partial charge in [-0.2, -0.15) is 0 Å². The zero-order chi connectivity index (χ0) is 22.6. The lowest BCUT2D eigenvalue weighted by Crippen LogP contribution is -2.38. The van der Waals surface area contributed by atoms with Crippen molar-refractivity contribution in [1.82, 2.24) is 0 Å². The van der Waals surface area contributed by atoms with Crippen molar-refractivity contribution in [1.29, 1.82) is 0 Å². The minimum atomic E-state index is -4.14. The Balaban J connectivity index is 2.00. The molecule has 0 radical (unpaired) electrons. The minimum absolute atomic E-state index is 0.0369. The fourth-order valence-corrected chi connectivity index (χ4v) is 4.66. The zero-order valence-corrected chi connectivity index (χ0v) is 18.2. The molecule has 162 valence electrons. The molecule has 0 spiro atoms.